The topological polar surface area (TPSA) is 70.3 Å². The summed E-state index contributed by atoms with van der Waals surface area (Å²) in [6, 6.07) is 3.75. The van der Waals surface area contributed by atoms with E-state index in [9.17, 15) is 9.18 Å². The number of ether oxygens (including phenoxy) is 1. The van der Waals surface area contributed by atoms with Crippen LogP contribution in [0.25, 0.3) is 0 Å². The van der Waals surface area contributed by atoms with Crippen molar-refractivity contribution in [3.8, 4) is 6.07 Å². The van der Waals surface area contributed by atoms with Gasteiger partial charge >= 0.3 is 5.97 Å². The van der Waals surface area contributed by atoms with Gasteiger partial charge in [-0.1, -0.05) is 0 Å². The van der Waals surface area contributed by atoms with E-state index in [0.29, 0.717) is 0 Å². The number of halogens is 1. The van der Waals surface area contributed by atoms with Gasteiger partial charge in [0.05, 0.1) is 24.8 Å². The number of carbonyl (C=O) groups excluding carboxylic acids is 1. The van der Waals surface area contributed by atoms with Crippen LogP contribution >= 0.6 is 0 Å². The summed E-state index contributed by atoms with van der Waals surface area (Å²) < 4.78 is 17.6. The molecule has 0 spiro atoms. The maximum Gasteiger partial charge on any atom is 0.339 e. The van der Waals surface area contributed by atoms with Crippen LogP contribution in [0.3, 0.4) is 0 Å². The lowest BCUT2D eigenvalue weighted by Gasteiger charge is -2.05. The number of hydrogen-bond acceptors (Lipinski definition) is 4. The fourth-order valence-corrected chi connectivity index (χ4v) is 1.11. The molecule has 0 aliphatic carbocycles. The third-order valence-electron chi connectivity index (χ3n) is 1.88. The lowest BCUT2D eigenvalue weighted by molar-refractivity contribution is 0.0599. The van der Waals surface area contributed by atoms with Gasteiger partial charge in [-0.3, -0.25) is 0 Å². The molecule has 15 heavy (non-hydrogen) atoms. The molecule has 0 aliphatic rings. The molecule has 78 valence electrons. The van der Waals surface area contributed by atoms with E-state index in [1.54, 1.807) is 6.07 Å². The molecule has 0 saturated carbocycles. The van der Waals surface area contributed by atoms with Crippen LogP contribution in [0.1, 0.15) is 21.5 Å². The van der Waals surface area contributed by atoms with Gasteiger partial charge in [0.15, 0.2) is 0 Å². The molecule has 0 heterocycles. The minimum atomic E-state index is -0.782. The van der Waals surface area contributed by atoms with E-state index >= 15 is 0 Å². The van der Waals surface area contributed by atoms with Gasteiger partial charge < -0.3 is 9.84 Å². The van der Waals surface area contributed by atoms with Gasteiger partial charge in [-0.15, -0.1) is 0 Å². The quantitative estimate of drug-likeness (QED) is 0.737. The molecular weight excluding hydrogens is 201 g/mol. The van der Waals surface area contributed by atoms with Crippen molar-refractivity contribution in [1.29, 1.82) is 5.26 Å². The van der Waals surface area contributed by atoms with Gasteiger partial charge in [0.25, 0.3) is 0 Å². The Bertz CT molecular complexity index is 437. The Morgan fingerprint density at radius 1 is 1.67 bits per heavy atom. The van der Waals surface area contributed by atoms with E-state index in [4.69, 9.17) is 10.4 Å². The molecular formula is C10H8FNO3. The van der Waals surface area contributed by atoms with Crippen molar-refractivity contribution < 1.29 is 19.0 Å². The molecule has 0 saturated heterocycles. The summed E-state index contributed by atoms with van der Waals surface area (Å²) in [6.45, 7) is -0.526. The summed E-state index contributed by atoms with van der Waals surface area (Å²) in [5, 5.41) is 17.5. The maximum atomic E-state index is 13.2. The molecule has 1 rings (SSSR count). The maximum absolute atomic E-state index is 13.2. The number of aliphatic hydroxyl groups excluding tert-OH is 1. The minimum absolute atomic E-state index is 0.0210. The molecule has 1 aromatic rings. The predicted molar refractivity (Wildman–Crippen MR) is 48.4 cm³/mol. The summed E-state index contributed by atoms with van der Waals surface area (Å²) in [4.78, 5) is 11.1. The van der Waals surface area contributed by atoms with Gasteiger partial charge in [0, 0.05) is 5.56 Å². The zero-order valence-electron chi connectivity index (χ0n) is 7.95. The fraction of sp³-hybridized carbons (Fsp3) is 0.200. The number of benzene rings is 1. The average molecular weight is 209 g/mol. The lowest BCUT2D eigenvalue weighted by Crippen LogP contribution is -2.06. The first-order chi connectivity index (χ1) is 7.13. The van der Waals surface area contributed by atoms with Crippen LogP contribution in [0.15, 0.2) is 12.1 Å². The normalized spacial score (nSPS) is 9.47. The van der Waals surface area contributed by atoms with Crippen LogP contribution in [-0.2, 0) is 11.3 Å². The standard InChI is InChI=1S/C10H8FNO3/c1-15-10(14)8-3-9(11)7(5-13)2-6(8)4-12/h2-3,13H,5H2,1H3. The summed E-state index contributed by atoms with van der Waals surface area (Å²) in [6.07, 6.45) is 0. The molecule has 0 bridgehead atoms. The highest BCUT2D eigenvalue weighted by Gasteiger charge is 2.15. The second kappa shape index (κ2) is 4.53. The summed E-state index contributed by atoms with van der Waals surface area (Å²) in [5.41, 5.74) is -0.193. The van der Waals surface area contributed by atoms with E-state index < -0.39 is 18.4 Å². The fourth-order valence-electron chi connectivity index (χ4n) is 1.11. The van der Waals surface area contributed by atoms with Gasteiger partial charge in [-0.25, -0.2) is 9.18 Å². The molecule has 1 aromatic carbocycles. The lowest BCUT2D eigenvalue weighted by atomic mass is 10.0. The molecule has 0 fully saturated rings. The zero-order chi connectivity index (χ0) is 11.4. The number of hydrogen-bond donors (Lipinski definition) is 1. The molecule has 5 heteroatoms. The van der Waals surface area contributed by atoms with Crippen LogP contribution in [0.4, 0.5) is 4.39 Å². The Labute approximate surface area is 85.5 Å². The van der Waals surface area contributed by atoms with Gasteiger partial charge in [-0.2, -0.15) is 5.26 Å². The smallest absolute Gasteiger partial charge is 0.339 e. The Hall–Kier alpha value is -1.93. The Morgan fingerprint density at radius 3 is 2.80 bits per heavy atom. The van der Waals surface area contributed by atoms with Crippen molar-refractivity contribution in [2.24, 2.45) is 0 Å². The highest BCUT2D eigenvalue weighted by Crippen LogP contribution is 2.16. The van der Waals surface area contributed by atoms with Crippen LogP contribution in [0.2, 0.25) is 0 Å². The van der Waals surface area contributed by atoms with Crippen LogP contribution in [-0.4, -0.2) is 18.2 Å². The second-order valence-corrected chi connectivity index (χ2v) is 2.75. The third-order valence-corrected chi connectivity index (χ3v) is 1.88. The van der Waals surface area contributed by atoms with Crippen molar-refractivity contribution in [2.45, 2.75) is 6.61 Å². The number of carbonyl (C=O) groups is 1. The van der Waals surface area contributed by atoms with Crippen molar-refractivity contribution in [2.75, 3.05) is 7.11 Å². The minimum Gasteiger partial charge on any atom is -0.465 e. The van der Waals surface area contributed by atoms with E-state index in [0.717, 1.165) is 19.2 Å². The van der Waals surface area contributed by atoms with Crippen molar-refractivity contribution in [3.05, 3.63) is 34.6 Å². The number of methoxy groups -OCH3 is 1. The van der Waals surface area contributed by atoms with E-state index in [2.05, 4.69) is 4.74 Å². The number of nitrogens with zero attached hydrogens (tertiary/aromatic N) is 1. The number of nitriles is 1. The first-order valence-corrected chi connectivity index (χ1v) is 4.05. The molecule has 0 atom stereocenters. The average Bonchev–Trinajstić information content (AvgIpc) is 2.27. The van der Waals surface area contributed by atoms with E-state index in [-0.39, 0.29) is 16.7 Å². The molecule has 0 unspecified atom stereocenters. The largest absolute Gasteiger partial charge is 0.465 e. The van der Waals surface area contributed by atoms with Gasteiger partial charge in [0.1, 0.15) is 11.9 Å². The van der Waals surface area contributed by atoms with Crippen LogP contribution < -0.4 is 0 Å². The first kappa shape index (κ1) is 11.1. The van der Waals surface area contributed by atoms with E-state index in [1.807, 2.05) is 0 Å². The summed E-state index contributed by atoms with van der Waals surface area (Å²) >= 11 is 0. The first-order valence-electron chi connectivity index (χ1n) is 4.05. The SMILES string of the molecule is COC(=O)c1cc(F)c(CO)cc1C#N. The van der Waals surface area contributed by atoms with Gasteiger partial charge in [-0.05, 0) is 12.1 Å². The monoisotopic (exact) mass is 209 g/mol. The predicted octanol–water partition coefficient (Wildman–Crippen LogP) is 0.976. The zero-order valence-corrected chi connectivity index (χ0v) is 7.95. The molecule has 1 N–H and O–H groups in total. The molecule has 0 amide bonds. The van der Waals surface area contributed by atoms with Crippen molar-refractivity contribution in [1.82, 2.24) is 0 Å². The van der Waals surface area contributed by atoms with Crippen LogP contribution in [0, 0.1) is 17.1 Å². The Balaban J connectivity index is 3.35. The second-order valence-electron chi connectivity index (χ2n) is 2.75. The Morgan fingerprint density at radius 2 is 2.33 bits per heavy atom. The van der Waals surface area contributed by atoms with Crippen molar-refractivity contribution >= 4 is 5.97 Å². The number of rotatable bonds is 2. The van der Waals surface area contributed by atoms with Gasteiger partial charge in [0.2, 0.25) is 0 Å². The summed E-state index contributed by atoms with van der Waals surface area (Å²) in [5.74, 6) is -1.52. The van der Waals surface area contributed by atoms with Crippen molar-refractivity contribution in [3.63, 3.8) is 0 Å². The molecule has 0 aliphatic heterocycles. The Kier molecular flexibility index (Phi) is 3.37. The highest BCUT2D eigenvalue weighted by atomic mass is 19.1. The van der Waals surface area contributed by atoms with E-state index in [1.165, 1.54) is 0 Å². The summed E-state index contributed by atoms with van der Waals surface area (Å²) in [7, 11) is 1.14. The highest BCUT2D eigenvalue weighted by molar-refractivity contribution is 5.92. The molecule has 0 radical (unpaired) electrons. The third kappa shape index (κ3) is 2.11. The number of aliphatic hydroxyl groups is 1. The molecule has 0 aromatic heterocycles. The van der Waals surface area contributed by atoms with Crippen LogP contribution in [0.5, 0.6) is 0 Å². The molecule has 4 nitrogen and oxygen atoms in total. The number of esters is 1.